The van der Waals surface area contributed by atoms with Gasteiger partial charge in [0.15, 0.2) is 5.96 Å². The molecule has 0 bridgehead atoms. The SMILES string of the molecule is NC(N)=NC(=O)c1cc(-c2ccccc2C2CCCC2)nc2ccccc12. The molecule has 0 unspecified atom stereocenters. The van der Waals surface area contributed by atoms with Crippen molar-refractivity contribution in [1.82, 2.24) is 4.98 Å². The summed E-state index contributed by atoms with van der Waals surface area (Å²) in [6.45, 7) is 0. The number of nitrogens with zero attached hydrogens (tertiary/aromatic N) is 2. The van der Waals surface area contributed by atoms with Crippen molar-refractivity contribution >= 4 is 22.8 Å². The van der Waals surface area contributed by atoms with Gasteiger partial charge in [-0.1, -0.05) is 55.3 Å². The average Bonchev–Trinajstić information content (AvgIpc) is 3.21. The van der Waals surface area contributed by atoms with Gasteiger partial charge in [0.2, 0.25) is 0 Å². The van der Waals surface area contributed by atoms with Crippen LogP contribution in [0.4, 0.5) is 0 Å². The van der Waals surface area contributed by atoms with Crippen LogP contribution in [0.1, 0.15) is 47.5 Å². The number of carbonyl (C=O) groups excluding carboxylic acids is 1. The summed E-state index contributed by atoms with van der Waals surface area (Å²) in [4.78, 5) is 21.2. The molecular formula is C22H22N4O. The molecule has 1 aliphatic carbocycles. The highest BCUT2D eigenvalue weighted by atomic mass is 16.1. The van der Waals surface area contributed by atoms with E-state index in [0.717, 1.165) is 22.2 Å². The summed E-state index contributed by atoms with van der Waals surface area (Å²) in [6, 6.07) is 17.7. The Hall–Kier alpha value is -3.21. The van der Waals surface area contributed by atoms with Crippen LogP contribution < -0.4 is 11.5 Å². The summed E-state index contributed by atoms with van der Waals surface area (Å²) in [7, 11) is 0. The number of guanidine groups is 1. The molecule has 3 aromatic rings. The summed E-state index contributed by atoms with van der Waals surface area (Å²) < 4.78 is 0. The molecule has 4 rings (SSSR count). The number of benzene rings is 2. The molecule has 1 saturated carbocycles. The maximum absolute atomic E-state index is 12.6. The number of amides is 1. The lowest BCUT2D eigenvalue weighted by atomic mass is 9.90. The second-order valence-corrected chi connectivity index (χ2v) is 6.98. The van der Waals surface area contributed by atoms with Crippen LogP contribution in [-0.4, -0.2) is 16.9 Å². The number of rotatable bonds is 3. The molecule has 1 amide bonds. The largest absolute Gasteiger partial charge is 0.370 e. The number of pyridine rings is 1. The highest BCUT2D eigenvalue weighted by Gasteiger charge is 2.22. The molecule has 0 atom stereocenters. The third kappa shape index (κ3) is 3.40. The Bertz CT molecular complexity index is 1030. The van der Waals surface area contributed by atoms with Crippen molar-refractivity contribution in [2.75, 3.05) is 0 Å². The number of carbonyl (C=O) groups is 1. The predicted octanol–water partition coefficient (Wildman–Crippen LogP) is 3.97. The van der Waals surface area contributed by atoms with Gasteiger partial charge in [0.1, 0.15) is 0 Å². The van der Waals surface area contributed by atoms with E-state index in [4.69, 9.17) is 16.5 Å². The molecule has 0 spiro atoms. The maximum Gasteiger partial charge on any atom is 0.280 e. The van der Waals surface area contributed by atoms with Crippen LogP contribution in [0.2, 0.25) is 0 Å². The van der Waals surface area contributed by atoms with E-state index in [1.807, 2.05) is 36.4 Å². The molecule has 4 N–H and O–H groups in total. The first-order chi connectivity index (χ1) is 13.1. The van der Waals surface area contributed by atoms with E-state index in [-0.39, 0.29) is 5.96 Å². The molecule has 1 heterocycles. The van der Waals surface area contributed by atoms with E-state index in [2.05, 4.69) is 23.2 Å². The van der Waals surface area contributed by atoms with Crippen molar-refractivity contribution in [2.24, 2.45) is 16.5 Å². The monoisotopic (exact) mass is 358 g/mol. The number of aliphatic imine (C=N–C) groups is 1. The second-order valence-electron chi connectivity index (χ2n) is 6.98. The van der Waals surface area contributed by atoms with Gasteiger partial charge in [0, 0.05) is 10.9 Å². The molecule has 0 saturated heterocycles. The topological polar surface area (TPSA) is 94.4 Å². The summed E-state index contributed by atoms with van der Waals surface area (Å²) in [5, 5.41) is 0.745. The number of fused-ring (bicyclic) bond motifs is 1. The van der Waals surface area contributed by atoms with E-state index in [1.165, 1.54) is 31.2 Å². The Morgan fingerprint density at radius 1 is 1.00 bits per heavy atom. The smallest absolute Gasteiger partial charge is 0.280 e. The molecule has 1 fully saturated rings. The molecule has 1 aromatic heterocycles. The summed E-state index contributed by atoms with van der Waals surface area (Å²) in [5.74, 6) is -0.145. The van der Waals surface area contributed by atoms with Crippen molar-refractivity contribution in [3.63, 3.8) is 0 Å². The number of hydrogen-bond acceptors (Lipinski definition) is 2. The lowest BCUT2D eigenvalue weighted by Crippen LogP contribution is -2.24. The molecule has 5 heteroatoms. The van der Waals surface area contributed by atoms with Crippen LogP contribution in [0.25, 0.3) is 22.2 Å². The molecular weight excluding hydrogens is 336 g/mol. The third-order valence-electron chi connectivity index (χ3n) is 5.21. The lowest BCUT2D eigenvalue weighted by Gasteiger charge is -2.16. The van der Waals surface area contributed by atoms with Gasteiger partial charge in [-0.25, -0.2) is 4.98 Å². The molecule has 2 aromatic carbocycles. The molecule has 0 aliphatic heterocycles. The van der Waals surface area contributed by atoms with Crippen LogP contribution in [0, 0.1) is 0 Å². The fraction of sp³-hybridized carbons (Fsp3) is 0.227. The van der Waals surface area contributed by atoms with Crippen LogP contribution in [0.15, 0.2) is 59.6 Å². The molecule has 0 radical (unpaired) electrons. The zero-order valence-corrected chi connectivity index (χ0v) is 15.1. The van der Waals surface area contributed by atoms with E-state index in [9.17, 15) is 4.79 Å². The Morgan fingerprint density at radius 2 is 1.70 bits per heavy atom. The van der Waals surface area contributed by atoms with Crippen LogP contribution in [0.3, 0.4) is 0 Å². The summed E-state index contributed by atoms with van der Waals surface area (Å²) in [5.41, 5.74) is 15.2. The standard InChI is InChI=1S/C22H22N4O/c23-22(24)26-21(27)18-13-20(25-19-12-6-5-11-17(18)19)16-10-4-3-9-15(16)14-7-1-2-8-14/h3-6,9-14H,1-2,7-8H2,(H4,23,24,26,27). The van der Waals surface area contributed by atoms with Crippen molar-refractivity contribution < 1.29 is 4.79 Å². The van der Waals surface area contributed by atoms with Gasteiger partial charge in [-0.2, -0.15) is 4.99 Å². The fourth-order valence-corrected chi connectivity index (χ4v) is 3.99. The number of aromatic nitrogens is 1. The minimum Gasteiger partial charge on any atom is -0.370 e. The van der Waals surface area contributed by atoms with Crippen molar-refractivity contribution in [2.45, 2.75) is 31.6 Å². The van der Waals surface area contributed by atoms with Crippen LogP contribution in [0.5, 0.6) is 0 Å². The zero-order valence-electron chi connectivity index (χ0n) is 15.1. The van der Waals surface area contributed by atoms with Gasteiger partial charge < -0.3 is 11.5 Å². The van der Waals surface area contributed by atoms with Gasteiger partial charge >= 0.3 is 0 Å². The summed E-state index contributed by atoms with van der Waals surface area (Å²) in [6.07, 6.45) is 4.92. The summed E-state index contributed by atoms with van der Waals surface area (Å²) >= 11 is 0. The van der Waals surface area contributed by atoms with Crippen LogP contribution >= 0.6 is 0 Å². The van der Waals surface area contributed by atoms with Crippen molar-refractivity contribution in [1.29, 1.82) is 0 Å². The average molecular weight is 358 g/mol. The molecule has 27 heavy (non-hydrogen) atoms. The number of para-hydroxylation sites is 1. The normalized spacial score (nSPS) is 14.4. The van der Waals surface area contributed by atoms with Gasteiger partial charge in [-0.3, -0.25) is 4.79 Å². The van der Waals surface area contributed by atoms with E-state index < -0.39 is 5.91 Å². The van der Waals surface area contributed by atoms with E-state index in [1.54, 1.807) is 0 Å². The Labute approximate surface area is 158 Å². The maximum atomic E-state index is 12.6. The van der Waals surface area contributed by atoms with Crippen molar-refractivity contribution in [3.05, 3.63) is 65.7 Å². The van der Waals surface area contributed by atoms with Gasteiger partial charge in [-0.05, 0) is 36.5 Å². The van der Waals surface area contributed by atoms with Gasteiger partial charge in [0.25, 0.3) is 5.91 Å². The quantitative estimate of drug-likeness (QED) is 0.547. The Balaban J connectivity index is 1.91. The molecule has 1 aliphatic rings. The fourth-order valence-electron chi connectivity index (χ4n) is 3.99. The third-order valence-corrected chi connectivity index (χ3v) is 5.21. The first kappa shape index (κ1) is 17.2. The molecule has 5 nitrogen and oxygen atoms in total. The van der Waals surface area contributed by atoms with Crippen molar-refractivity contribution in [3.8, 4) is 11.3 Å². The van der Waals surface area contributed by atoms with Gasteiger partial charge in [-0.15, -0.1) is 0 Å². The Kier molecular flexibility index (Phi) is 4.59. The first-order valence-electron chi connectivity index (χ1n) is 9.26. The van der Waals surface area contributed by atoms with E-state index >= 15 is 0 Å². The highest BCUT2D eigenvalue weighted by Crippen LogP contribution is 2.39. The minimum absolute atomic E-state index is 0.242. The zero-order chi connectivity index (χ0) is 18.8. The lowest BCUT2D eigenvalue weighted by molar-refractivity contribution is 0.100. The van der Waals surface area contributed by atoms with Gasteiger partial charge in [0.05, 0.1) is 16.8 Å². The molecule has 136 valence electrons. The minimum atomic E-state index is -0.451. The first-order valence-corrected chi connectivity index (χ1v) is 9.26. The van der Waals surface area contributed by atoms with E-state index in [0.29, 0.717) is 11.5 Å². The number of nitrogens with two attached hydrogens (primary N) is 2. The van der Waals surface area contributed by atoms with Crippen LogP contribution in [-0.2, 0) is 0 Å². The Morgan fingerprint density at radius 3 is 2.48 bits per heavy atom. The number of hydrogen-bond donors (Lipinski definition) is 2. The predicted molar refractivity (Wildman–Crippen MR) is 109 cm³/mol. The second kappa shape index (κ2) is 7.19. The highest BCUT2D eigenvalue weighted by molar-refractivity contribution is 6.10.